The number of hydrogen-bond donors (Lipinski definition) is 1. The summed E-state index contributed by atoms with van der Waals surface area (Å²) in [5.74, 6) is -0.241. The maximum atomic E-state index is 10.3. The van der Waals surface area contributed by atoms with Crippen molar-refractivity contribution >= 4 is 29.5 Å². The fraction of sp³-hybridized carbons (Fsp3) is 0.636. The number of nitrogens with zero attached hydrogens (tertiary/aromatic N) is 4. The van der Waals surface area contributed by atoms with Gasteiger partial charge >= 0.3 is 0 Å². The Bertz CT molecular complexity index is 467. The molecule has 0 saturated carbocycles. The van der Waals surface area contributed by atoms with Gasteiger partial charge < -0.3 is 24.9 Å². The Morgan fingerprint density at radius 1 is 1.35 bits per heavy atom. The normalized spacial score (nSPS) is 15.2. The molecule has 0 aromatic carbocycles. The van der Waals surface area contributed by atoms with Crippen molar-refractivity contribution < 1.29 is 14.6 Å². The third-order valence-electron chi connectivity index (χ3n) is 2.73. The zero-order valence-corrected chi connectivity index (χ0v) is 11.6. The second kappa shape index (κ2) is 7.20. The molecule has 0 unspecified atom stereocenters. The van der Waals surface area contributed by atoms with E-state index in [-0.39, 0.29) is 11.7 Å². The van der Waals surface area contributed by atoms with E-state index in [4.69, 9.17) is 16.3 Å². The maximum Gasteiger partial charge on any atom is 0.231 e. The summed E-state index contributed by atoms with van der Waals surface area (Å²) < 4.78 is 5.26. The number of anilines is 2. The number of aliphatic carboxylic acids is 1. The Balaban J connectivity index is 1.95. The molecule has 20 heavy (non-hydrogen) atoms. The number of morpholine rings is 1. The van der Waals surface area contributed by atoms with Crippen LogP contribution in [-0.2, 0) is 9.53 Å². The van der Waals surface area contributed by atoms with Gasteiger partial charge in [-0.05, 0) is 24.4 Å². The van der Waals surface area contributed by atoms with Crippen molar-refractivity contribution in [2.75, 3.05) is 43.1 Å². The highest BCUT2D eigenvalue weighted by Crippen LogP contribution is 2.15. The Morgan fingerprint density at radius 3 is 2.80 bits per heavy atom. The van der Waals surface area contributed by atoms with Crippen LogP contribution in [0, 0.1) is 0 Å². The van der Waals surface area contributed by atoms with E-state index in [2.05, 4.69) is 20.3 Å². The molecule has 0 atom stereocenters. The van der Waals surface area contributed by atoms with Gasteiger partial charge in [-0.2, -0.15) is 15.0 Å². The molecule has 0 radical (unpaired) electrons. The summed E-state index contributed by atoms with van der Waals surface area (Å²) in [5.41, 5.74) is 0. The summed E-state index contributed by atoms with van der Waals surface area (Å²) in [7, 11) is 0. The van der Waals surface area contributed by atoms with Gasteiger partial charge in [-0.3, -0.25) is 0 Å². The minimum absolute atomic E-state index is 0.0118. The second-order valence-corrected chi connectivity index (χ2v) is 4.57. The first-order valence-corrected chi connectivity index (χ1v) is 6.71. The number of carbonyl (C=O) groups excluding carboxylic acids is 1. The van der Waals surface area contributed by atoms with Crippen LogP contribution in [0.15, 0.2) is 0 Å². The molecule has 0 bridgehead atoms. The SMILES string of the molecule is O=C([O-])CCCNc1nc(Cl)nc(N2CCOCC2)n1. The zero-order valence-electron chi connectivity index (χ0n) is 10.8. The number of aromatic nitrogens is 3. The number of carbonyl (C=O) groups is 1. The van der Waals surface area contributed by atoms with E-state index in [1.54, 1.807) is 0 Å². The zero-order chi connectivity index (χ0) is 14.4. The summed E-state index contributed by atoms with van der Waals surface area (Å²) in [4.78, 5) is 24.6. The van der Waals surface area contributed by atoms with Gasteiger partial charge in [-0.15, -0.1) is 0 Å². The van der Waals surface area contributed by atoms with Crippen molar-refractivity contribution in [2.45, 2.75) is 12.8 Å². The average molecular weight is 301 g/mol. The highest BCUT2D eigenvalue weighted by Gasteiger charge is 2.15. The van der Waals surface area contributed by atoms with Crippen LogP contribution in [0.25, 0.3) is 0 Å². The van der Waals surface area contributed by atoms with Gasteiger partial charge in [-0.25, -0.2) is 0 Å². The van der Waals surface area contributed by atoms with E-state index in [1.165, 1.54) is 0 Å². The predicted octanol–water partition coefficient (Wildman–Crippen LogP) is -0.696. The van der Waals surface area contributed by atoms with Gasteiger partial charge in [0.05, 0.1) is 13.2 Å². The molecule has 1 aliphatic rings. The first kappa shape index (κ1) is 14.7. The molecule has 0 aliphatic carbocycles. The molecular weight excluding hydrogens is 286 g/mol. The quantitative estimate of drug-likeness (QED) is 0.688. The molecule has 1 aromatic rings. The minimum Gasteiger partial charge on any atom is -0.550 e. The molecule has 8 nitrogen and oxygen atoms in total. The largest absolute Gasteiger partial charge is 0.550 e. The lowest BCUT2D eigenvalue weighted by Gasteiger charge is -2.26. The molecule has 0 spiro atoms. The highest BCUT2D eigenvalue weighted by atomic mass is 35.5. The summed E-state index contributed by atoms with van der Waals surface area (Å²) >= 11 is 5.87. The highest BCUT2D eigenvalue weighted by molar-refractivity contribution is 6.28. The fourth-order valence-corrected chi connectivity index (χ4v) is 1.91. The molecule has 2 rings (SSSR count). The number of carboxylic acid groups (broad SMARTS) is 1. The van der Waals surface area contributed by atoms with Crippen molar-refractivity contribution in [3.63, 3.8) is 0 Å². The number of nitrogens with one attached hydrogen (secondary N) is 1. The Labute approximate surface area is 121 Å². The fourth-order valence-electron chi connectivity index (χ4n) is 1.76. The van der Waals surface area contributed by atoms with Crippen LogP contribution in [0.2, 0.25) is 5.28 Å². The lowest BCUT2D eigenvalue weighted by molar-refractivity contribution is -0.305. The number of ether oxygens (including phenoxy) is 1. The minimum atomic E-state index is -1.07. The van der Waals surface area contributed by atoms with Gasteiger partial charge in [0.2, 0.25) is 17.2 Å². The van der Waals surface area contributed by atoms with E-state index in [1.807, 2.05) is 4.90 Å². The summed E-state index contributed by atoms with van der Waals surface area (Å²) in [6.07, 6.45) is 0.417. The van der Waals surface area contributed by atoms with Gasteiger partial charge in [0, 0.05) is 25.6 Å². The van der Waals surface area contributed by atoms with Gasteiger partial charge in [0.15, 0.2) is 0 Å². The van der Waals surface area contributed by atoms with E-state index in [9.17, 15) is 9.90 Å². The first-order valence-electron chi connectivity index (χ1n) is 6.33. The van der Waals surface area contributed by atoms with Gasteiger partial charge in [0.25, 0.3) is 0 Å². The van der Waals surface area contributed by atoms with Crippen LogP contribution < -0.4 is 15.3 Å². The Hall–Kier alpha value is -1.67. The van der Waals surface area contributed by atoms with Crippen molar-refractivity contribution in [2.24, 2.45) is 0 Å². The van der Waals surface area contributed by atoms with E-state index >= 15 is 0 Å². The van der Waals surface area contributed by atoms with Crippen LogP contribution in [0.1, 0.15) is 12.8 Å². The summed E-state index contributed by atoms with van der Waals surface area (Å²) in [6.45, 7) is 3.07. The molecule has 1 N–H and O–H groups in total. The molecular formula is C11H15ClN5O3-. The third kappa shape index (κ3) is 4.46. The molecule has 2 heterocycles. The van der Waals surface area contributed by atoms with Gasteiger partial charge in [0.1, 0.15) is 0 Å². The monoisotopic (exact) mass is 300 g/mol. The van der Waals surface area contributed by atoms with Crippen molar-refractivity contribution in [3.05, 3.63) is 5.28 Å². The molecule has 1 aromatic heterocycles. The lowest BCUT2D eigenvalue weighted by Crippen LogP contribution is -2.37. The third-order valence-corrected chi connectivity index (χ3v) is 2.90. The number of halogens is 1. The van der Waals surface area contributed by atoms with Crippen molar-refractivity contribution in [1.29, 1.82) is 0 Å². The van der Waals surface area contributed by atoms with Crippen LogP contribution in [-0.4, -0.2) is 53.8 Å². The molecule has 9 heteroatoms. The lowest BCUT2D eigenvalue weighted by atomic mass is 10.3. The summed E-state index contributed by atoms with van der Waals surface area (Å²) in [5, 5.41) is 13.3. The average Bonchev–Trinajstić information content (AvgIpc) is 2.44. The van der Waals surface area contributed by atoms with Crippen LogP contribution in [0.4, 0.5) is 11.9 Å². The summed E-state index contributed by atoms with van der Waals surface area (Å²) in [6, 6.07) is 0. The Kier molecular flexibility index (Phi) is 5.31. The van der Waals surface area contributed by atoms with E-state index in [0.29, 0.717) is 51.2 Å². The maximum absolute atomic E-state index is 10.3. The molecule has 0 amide bonds. The number of rotatable bonds is 6. The topological polar surface area (TPSA) is 103 Å². The van der Waals surface area contributed by atoms with Crippen LogP contribution in [0.3, 0.4) is 0 Å². The van der Waals surface area contributed by atoms with Gasteiger partial charge in [-0.1, -0.05) is 0 Å². The smallest absolute Gasteiger partial charge is 0.231 e. The van der Waals surface area contributed by atoms with Crippen LogP contribution in [0.5, 0.6) is 0 Å². The first-order chi connectivity index (χ1) is 9.65. The number of carboxylic acids is 1. The molecule has 1 aliphatic heterocycles. The number of hydrogen-bond acceptors (Lipinski definition) is 8. The molecule has 1 fully saturated rings. The van der Waals surface area contributed by atoms with E-state index < -0.39 is 5.97 Å². The molecule has 110 valence electrons. The van der Waals surface area contributed by atoms with Crippen molar-refractivity contribution in [1.82, 2.24) is 15.0 Å². The van der Waals surface area contributed by atoms with Crippen LogP contribution >= 0.6 is 11.6 Å². The second-order valence-electron chi connectivity index (χ2n) is 4.23. The Morgan fingerprint density at radius 2 is 2.10 bits per heavy atom. The molecule has 1 saturated heterocycles. The predicted molar refractivity (Wildman–Crippen MR) is 70.6 cm³/mol. The van der Waals surface area contributed by atoms with Crippen molar-refractivity contribution in [3.8, 4) is 0 Å². The standard InChI is InChI=1S/C11H16ClN5O3/c12-9-14-10(13-3-1-2-8(18)19)16-11(15-9)17-4-6-20-7-5-17/h1-7H2,(H,18,19)(H,13,14,15,16)/p-1. The van der Waals surface area contributed by atoms with E-state index in [0.717, 1.165) is 0 Å².